The second kappa shape index (κ2) is 12.0. The van der Waals surface area contributed by atoms with Crippen molar-refractivity contribution in [1.29, 1.82) is 0 Å². The molecule has 1 unspecified atom stereocenters. The van der Waals surface area contributed by atoms with E-state index < -0.39 is 0 Å². The summed E-state index contributed by atoms with van der Waals surface area (Å²) in [6.45, 7) is 7.10. The van der Waals surface area contributed by atoms with Crippen LogP contribution in [0.15, 0.2) is 72.8 Å². The van der Waals surface area contributed by atoms with E-state index in [1.54, 1.807) is 24.3 Å². The Bertz CT molecular complexity index is 1160. The summed E-state index contributed by atoms with van der Waals surface area (Å²) in [5.41, 5.74) is 3.70. The Kier molecular flexibility index (Phi) is 8.49. The van der Waals surface area contributed by atoms with Gasteiger partial charge in [0, 0.05) is 48.1 Å². The molecule has 0 aromatic heterocycles. The van der Waals surface area contributed by atoms with Crippen molar-refractivity contribution in [2.24, 2.45) is 0 Å². The number of halogens is 1. The van der Waals surface area contributed by atoms with Crippen molar-refractivity contribution in [2.45, 2.75) is 26.2 Å². The van der Waals surface area contributed by atoms with Crippen molar-refractivity contribution in [2.75, 3.05) is 43.0 Å². The van der Waals surface area contributed by atoms with E-state index in [-0.39, 0.29) is 18.4 Å². The monoisotopic (exact) mass is 505 g/mol. The minimum Gasteiger partial charge on any atom is -0.484 e. The summed E-state index contributed by atoms with van der Waals surface area (Å²) in [6.07, 6.45) is 1.08. The van der Waals surface area contributed by atoms with Crippen LogP contribution in [-0.4, -0.2) is 49.5 Å². The van der Waals surface area contributed by atoms with Crippen LogP contribution < -0.4 is 15.0 Å². The van der Waals surface area contributed by atoms with E-state index in [1.807, 2.05) is 53.4 Å². The molecule has 1 fully saturated rings. The van der Waals surface area contributed by atoms with Gasteiger partial charge in [-0.25, -0.2) is 0 Å². The molecule has 0 saturated carbocycles. The Morgan fingerprint density at radius 1 is 0.917 bits per heavy atom. The van der Waals surface area contributed by atoms with Gasteiger partial charge in [-0.2, -0.15) is 0 Å². The van der Waals surface area contributed by atoms with Crippen LogP contribution in [0.3, 0.4) is 0 Å². The zero-order chi connectivity index (χ0) is 25.5. The van der Waals surface area contributed by atoms with E-state index in [0.29, 0.717) is 35.3 Å². The third kappa shape index (κ3) is 6.58. The molecule has 4 rings (SSSR count). The molecule has 1 heterocycles. The fourth-order valence-electron chi connectivity index (χ4n) is 4.17. The normalized spacial score (nSPS) is 14.3. The minimum absolute atomic E-state index is 0.0260. The molecule has 3 aromatic rings. The summed E-state index contributed by atoms with van der Waals surface area (Å²) >= 11 is 5.93. The first kappa shape index (κ1) is 25.6. The van der Waals surface area contributed by atoms with Gasteiger partial charge < -0.3 is 19.9 Å². The summed E-state index contributed by atoms with van der Waals surface area (Å²) in [4.78, 5) is 29.2. The predicted molar refractivity (Wildman–Crippen MR) is 145 cm³/mol. The molecule has 1 aliphatic heterocycles. The number of rotatable bonds is 8. The number of ether oxygens (including phenoxy) is 1. The first-order valence-electron chi connectivity index (χ1n) is 12.4. The van der Waals surface area contributed by atoms with Crippen LogP contribution in [0, 0.1) is 0 Å². The number of amides is 2. The molecule has 0 spiro atoms. The van der Waals surface area contributed by atoms with Crippen molar-refractivity contribution in [3.05, 3.63) is 88.9 Å². The molecular weight excluding hydrogens is 474 g/mol. The van der Waals surface area contributed by atoms with E-state index in [0.717, 1.165) is 30.9 Å². The Labute approximate surface area is 217 Å². The second-order valence-electron chi connectivity index (χ2n) is 9.05. The third-order valence-corrected chi connectivity index (χ3v) is 6.86. The average molecular weight is 506 g/mol. The third-order valence-electron chi connectivity index (χ3n) is 6.61. The fraction of sp³-hybridized carbons (Fsp3) is 0.310. The topological polar surface area (TPSA) is 61.9 Å². The number of nitrogens with one attached hydrogen (secondary N) is 1. The van der Waals surface area contributed by atoms with Crippen LogP contribution in [-0.2, 0) is 4.79 Å². The van der Waals surface area contributed by atoms with Crippen molar-refractivity contribution in [3.63, 3.8) is 0 Å². The molecule has 188 valence electrons. The zero-order valence-corrected chi connectivity index (χ0v) is 21.5. The molecule has 0 bridgehead atoms. The van der Waals surface area contributed by atoms with E-state index in [1.165, 1.54) is 5.56 Å². The van der Waals surface area contributed by atoms with Crippen LogP contribution >= 0.6 is 11.6 Å². The van der Waals surface area contributed by atoms with Gasteiger partial charge in [-0.15, -0.1) is 0 Å². The maximum absolute atomic E-state index is 12.7. The number of piperazine rings is 1. The Hall–Kier alpha value is -3.51. The van der Waals surface area contributed by atoms with Crippen molar-refractivity contribution < 1.29 is 14.3 Å². The molecule has 3 aromatic carbocycles. The van der Waals surface area contributed by atoms with Crippen LogP contribution in [0.25, 0.3) is 0 Å². The molecule has 1 aliphatic rings. The SMILES string of the molecule is CCC(C)c1ccc(OCC(=O)Nc2ccc(N3CCN(C(=O)c4ccc(Cl)cc4)CC3)cc2)cc1. The molecule has 7 heteroatoms. The van der Waals surface area contributed by atoms with E-state index >= 15 is 0 Å². The first-order valence-corrected chi connectivity index (χ1v) is 12.7. The lowest BCUT2D eigenvalue weighted by Gasteiger charge is -2.36. The molecule has 2 amide bonds. The quantitative estimate of drug-likeness (QED) is 0.418. The van der Waals surface area contributed by atoms with Crippen LogP contribution in [0.1, 0.15) is 42.1 Å². The van der Waals surface area contributed by atoms with E-state index in [9.17, 15) is 9.59 Å². The smallest absolute Gasteiger partial charge is 0.262 e. The molecule has 6 nitrogen and oxygen atoms in total. The molecule has 1 saturated heterocycles. The standard InChI is InChI=1S/C29H32ClN3O3/c1-3-21(2)22-6-14-27(15-7-22)36-20-28(34)31-25-10-12-26(13-11-25)32-16-18-33(19-17-32)29(35)23-4-8-24(30)9-5-23/h4-15,21H,3,16-20H2,1-2H3,(H,31,34). The number of nitrogens with zero attached hydrogens (tertiary/aromatic N) is 2. The lowest BCUT2D eigenvalue weighted by atomic mass is 9.99. The number of benzene rings is 3. The lowest BCUT2D eigenvalue weighted by molar-refractivity contribution is -0.118. The van der Waals surface area contributed by atoms with Crippen LogP contribution in [0.5, 0.6) is 5.75 Å². The Morgan fingerprint density at radius 2 is 1.56 bits per heavy atom. The molecule has 36 heavy (non-hydrogen) atoms. The van der Waals surface area contributed by atoms with E-state index in [2.05, 4.69) is 24.1 Å². The van der Waals surface area contributed by atoms with E-state index in [4.69, 9.17) is 16.3 Å². The molecule has 1 N–H and O–H groups in total. The minimum atomic E-state index is -0.205. The summed E-state index contributed by atoms with van der Waals surface area (Å²) in [5.74, 6) is 1.01. The predicted octanol–water partition coefficient (Wildman–Crippen LogP) is 5.83. The summed E-state index contributed by atoms with van der Waals surface area (Å²) in [6, 6.07) is 22.7. The van der Waals surface area contributed by atoms with Gasteiger partial charge in [-0.1, -0.05) is 37.6 Å². The van der Waals surface area contributed by atoms with Gasteiger partial charge in [0.1, 0.15) is 5.75 Å². The largest absolute Gasteiger partial charge is 0.484 e. The van der Waals surface area contributed by atoms with Gasteiger partial charge in [-0.05, 0) is 78.6 Å². The lowest BCUT2D eigenvalue weighted by Crippen LogP contribution is -2.48. The highest BCUT2D eigenvalue weighted by Gasteiger charge is 2.22. The van der Waals surface area contributed by atoms with Crippen molar-refractivity contribution >= 4 is 34.8 Å². The van der Waals surface area contributed by atoms with Gasteiger partial charge in [0.15, 0.2) is 6.61 Å². The van der Waals surface area contributed by atoms with Gasteiger partial charge in [-0.3, -0.25) is 9.59 Å². The zero-order valence-electron chi connectivity index (χ0n) is 20.7. The summed E-state index contributed by atoms with van der Waals surface area (Å²) in [5, 5.41) is 3.50. The molecule has 0 radical (unpaired) electrons. The number of hydrogen-bond donors (Lipinski definition) is 1. The van der Waals surface area contributed by atoms with Crippen LogP contribution in [0.4, 0.5) is 11.4 Å². The van der Waals surface area contributed by atoms with Gasteiger partial charge in [0.2, 0.25) is 0 Å². The number of carbonyl (C=O) groups excluding carboxylic acids is 2. The van der Waals surface area contributed by atoms with Crippen LogP contribution in [0.2, 0.25) is 5.02 Å². The number of anilines is 2. The van der Waals surface area contributed by atoms with Crippen molar-refractivity contribution in [1.82, 2.24) is 4.90 Å². The molecule has 0 aliphatic carbocycles. The average Bonchev–Trinajstić information content (AvgIpc) is 2.92. The number of hydrogen-bond acceptors (Lipinski definition) is 4. The van der Waals surface area contributed by atoms with Gasteiger partial charge in [0.25, 0.3) is 11.8 Å². The van der Waals surface area contributed by atoms with Gasteiger partial charge >= 0.3 is 0 Å². The number of carbonyl (C=O) groups is 2. The Morgan fingerprint density at radius 3 is 2.17 bits per heavy atom. The summed E-state index contributed by atoms with van der Waals surface area (Å²) in [7, 11) is 0. The van der Waals surface area contributed by atoms with Gasteiger partial charge in [0.05, 0.1) is 0 Å². The fourth-order valence-corrected chi connectivity index (χ4v) is 4.30. The highest BCUT2D eigenvalue weighted by molar-refractivity contribution is 6.30. The Balaban J connectivity index is 1.23. The highest BCUT2D eigenvalue weighted by Crippen LogP contribution is 2.22. The summed E-state index contributed by atoms with van der Waals surface area (Å²) < 4.78 is 5.64. The second-order valence-corrected chi connectivity index (χ2v) is 9.48. The molecule has 1 atom stereocenters. The first-order chi connectivity index (χ1) is 17.4. The molecular formula is C29H32ClN3O3. The highest BCUT2D eigenvalue weighted by atomic mass is 35.5. The maximum Gasteiger partial charge on any atom is 0.262 e. The van der Waals surface area contributed by atoms with Crippen molar-refractivity contribution in [3.8, 4) is 5.75 Å². The maximum atomic E-state index is 12.7.